The molecule has 8 atom stereocenters. The van der Waals surface area contributed by atoms with Gasteiger partial charge in [-0.05, 0) is 91.9 Å². The largest absolute Gasteiger partial charge is 0.393 e. The monoisotopic (exact) mass is 402 g/mol. The van der Waals surface area contributed by atoms with Crippen molar-refractivity contribution in [3.8, 4) is 0 Å². The Morgan fingerprint density at radius 2 is 1.79 bits per heavy atom. The summed E-state index contributed by atoms with van der Waals surface area (Å²) in [5.74, 6) is 3.44. The molecule has 0 aromatic rings. The highest BCUT2D eigenvalue weighted by Gasteiger charge is 2.64. The lowest BCUT2D eigenvalue weighted by Crippen LogP contribution is -2.61. The number of aliphatic hydroxyl groups excluding tert-OH is 1. The van der Waals surface area contributed by atoms with Gasteiger partial charge in [-0.1, -0.05) is 60.0 Å². The predicted octanol–water partition coefficient (Wildman–Crippen LogP) is 6.50. The number of fused-ring (bicyclic) bond motifs is 5. The highest BCUT2D eigenvalue weighted by Crippen LogP contribution is 2.68. The highest BCUT2D eigenvalue weighted by atomic mass is 16.3. The first-order valence-electron chi connectivity index (χ1n) is 12.7. The van der Waals surface area contributed by atoms with E-state index in [9.17, 15) is 10.2 Å². The molecule has 4 aliphatic rings. The minimum Gasteiger partial charge on any atom is -0.393 e. The molecule has 0 bridgehead atoms. The summed E-state index contributed by atoms with van der Waals surface area (Å²) < 4.78 is 0. The van der Waals surface area contributed by atoms with Gasteiger partial charge < -0.3 is 10.2 Å². The molecule has 0 amide bonds. The summed E-state index contributed by atoms with van der Waals surface area (Å²) >= 11 is 0. The number of hydrogen-bond acceptors (Lipinski definition) is 2. The van der Waals surface area contributed by atoms with Crippen LogP contribution in [-0.4, -0.2) is 21.9 Å². The second-order valence-corrected chi connectivity index (χ2v) is 12.3. The molecule has 29 heavy (non-hydrogen) atoms. The molecule has 3 saturated carbocycles. The van der Waals surface area contributed by atoms with E-state index in [1.807, 2.05) is 0 Å². The molecule has 0 unspecified atom stereocenters. The molecular weight excluding hydrogens is 356 g/mol. The Morgan fingerprint density at radius 1 is 1.03 bits per heavy atom. The predicted molar refractivity (Wildman–Crippen MR) is 121 cm³/mol. The normalized spacial score (nSPS) is 47.9. The molecule has 2 heteroatoms. The fourth-order valence-corrected chi connectivity index (χ4v) is 8.47. The van der Waals surface area contributed by atoms with E-state index >= 15 is 0 Å². The standard InChI is InChI=1S/C27H46O2/c1-18(2)7-6-8-19(3)22-11-12-23-24-10-9-20-17-21(28)13-14-26(20,5)27(24,29)16-15-25(22,23)4/h10,18-23,28-29H,6-9,11-17H2,1-5H3/t19-,20-,21+,22-,23+,25-,26+,27-/m1/s1. The van der Waals surface area contributed by atoms with Crippen molar-refractivity contribution in [3.63, 3.8) is 0 Å². The zero-order valence-corrected chi connectivity index (χ0v) is 19.7. The average molecular weight is 403 g/mol. The Kier molecular flexibility index (Phi) is 5.78. The van der Waals surface area contributed by atoms with Gasteiger partial charge in [0, 0.05) is 5.41 Å². The van der Waals surface area contributed by atoms with Gasteiger partial charge in [-0.15, -0.1) is 0 Å². The smallest absolute Gasteiger partial charge is 0.0915 e. The van der Waals surface area contributed by atoms with Crippen molar-refractivity contribution < 1.29 is 10.2 Å². The van der Waals surface area contributed by atoms with Gasteiger partial charge in [-0.2, -0.15) is 0 Å². The summed E-state index contributed by atoms with van der Waals surface area (Å²) in [7, 11) is 0. The first-order chi connectivity index (χ1) is 13.6. The van der Waals surface area contributed by atoms with Crippen molar-refractivity contribution in [2.75, 3.05) is 0 Å². The van der Waals surface area contributed by atoms with Crippen LogP contribution in [0.4, 0.5) is 0 Å². The molecule has 0 aromatic heterocycles. The van der Waals surface area contributed by atoms with E-state index in [0.29, 0.717) is 17.3 Å². The topological polar surface area (TPSA) is 40.5 Å². The van der Waals surface area contributed by atoms with Gasteiger partial charge in [0.1, 0.15) is 0 Å². The van der Waals surface area contributed by atoms with Crippen molar-refractivity contribution in [1.82, 2.24) is 0 Å². The lowest BCUT2D eigenvalue weighted by atomic mass is 9.45. The molecule has 0 spiro atoms. The van der Waals surface area contributed by atoms with Crippen molar-refractivity contribution in [1.29, 1.82) is 0 Å². The van der Waals surface area contributed by atoms with Crippen LogP contribution in [0.25, 0.3) is 0 Å². The molecule has 0 saturated heterocycles. The van der Waals surface area contributed by atoms with E-state index in [0.717, 1.165) is 49.9 Å². The molecule has 0 heterocycles. The summed E-state index contributed by atoms with van der Waals surface area (Å²) in [6, 6.07) is 0. The number of aliphatic hydroxyl groups is 2. The Labute approximate surface area is 179 Å². The number of rotatable bonds is 5. The van der Waals surface area contributed by atoms with Gasteiger partial charge in [-0.25, -0.2) is 0 Å². The van der Waals surface area contributed by atoms with Crippen LogP contribution in [0.1, 0.15) is 105 Å². The SMILES string of the molecule is CC(C)CCC[C@@H](C)[C@H]1CC[C@H]2C3=CC[C@@H]4C[C@@H](O)CC[C@]4(C)[C@@]3(O)CC[C@]12C. The molecule has 166 valence electrons. The Hall–Kier alpha value is -0.340. The fourth-order valence-electron chi connectivity index (χ4n) is 8.47. The second kappa shape index (κ2) is 7.66. The summed E-state index contributed by atoms with van der Waals surface area (Å²) in [6.07, 6.45) is 14.9. The first-order valence-corrected chi connectivity index (χ1v) is 12.7. The van der Waals surface area contributed by atoms with Crippen LogP contribution in [0.15, 0.2) is 11.6 Å². The average Bonchev–Trinajstić information content (AvgIpc) is 3.00. The molecule has 3 fully saturated rings. The van der Waals surface area contributed by atoms with Gasteiger partial charge in [0.25, 0.3) is 0 Å². The Bertz CT molecular complexity index is 638. The maximum atomic E-state index is 12.2. The van der Waals surface area contributed by atoms with Crippen LogP contribution >= 0.6 is 0 Å². The minimum atomic E-state index is -0.629. The third-order valence-electron chi connectivity index (χ3n) is 10.4. The van der Waals surface area contributed by atoms with Crippen molar-refractivity contribution >= 4 is 0 Å². The first kappa shape index (κ1) is 21.9. The van der Waals surface area contributed by atoms with Crippen LogP contribution in [0.5, 0.6) is 0 Å². The number of hydrogen-bond donors (Lipinski definition) is 2. The minimum absolute atomic E-state index is 0.0430. The lowest BCUT2D eigenvalue weighted by molar-refractivity contribution is -0.154. The van der Waals surface area contributed by atoms with E-state index in [1.165, 1.54) is 44.1 Å². The van der Waals surface area contributed by atoms with Crippen LogP contribution in [0.2, 0.25) is 0 Å². The van der Waals surface area contributed by atoms with Crippen molar-refractivity contribution in [2.45, 2.75) is 117 Å². The van der Waals surface area contributed by atoms with Crippen molar-refractivity contribution in [2.24, 2.45) is 40.4 Å². The summed E-state index contributed by atoms with van der Waals surface area (Å²) in [5, 5.41) is 22.4. The summed E-state index contributed by atoms with van der Waals surface area (Å²) in [4.78, 5) is 0. The molecular formula is C27H46O2. The Morgan fingerprint density at radius 3 is 2.52 bits per heavy atom. The van der Waals surface area contributed by atoms with E-state index in [-0.39, 0.29) is 11.5 Å². The zero-order valence-electron chi connectivity index (χ0n) is 19.7. The van der Waals surface area contributed by atoms with E-state index in [2.05, 4.69) is 40.7 Å². The van der Waals surface area contributed by atoms with Gasteiger partial charge in [0.05, 0.1) is 11.7 Å². The van der Waals surface area contributed by atoms with E-state index in [1.54, 1.807) is 0 Å². The van der Waals surface area contributed by atoms with Crippen LogP contribution in [0, 0.1) is 40.4 Å². The summed E-state index contributed by atoms with van der Waals surface area (Å²) in [5.41, 5.74) is 1.11. The molecule has 2 nitrogen and oxygen atoms in total. The third kappa shape index (κ3) is 3.36. The molecule has 0 radical (unpaired) electrons. The second-order valence-electron chi connectivity index (χ2n) is 12.3. The summed E-state index contributed by atoms with van der Waals surface area (Å²) in [6.45, 7) is 12.1. The maximum Gasteiger partial charge on any atom is 0.0915 e. The molecule has 0 aliphatic heterocycles. The van der Waals surface area contributed by atoms with Gasteiger partial charge in [0.2, 0.25) is 0 Å². The quantitative estimate of drug-likeness (QED) is 0.515. The molecule has 4 aliphatic carbocycles. The van der Waals surface area contributed by atoms with E-state index in [4.69, 9.17) is 0 Å². The van der Waals surface area contributed by atoms with Gasteiger partial charge in [-0.3, -0.25) is 0 Å². The number of allylic oxidation sites excluding steroid dienone is 1. The molecule has 4 rings (SSSR count). The Balaban J connectivity index is 1.55. The van der Waals surface area contributed by atoms with Crippen molar-refractivity contribution in [3.05, 3.63) is 11.6 Å². The zero-order chi connectivity index (χ0) is 21.0. The molecule has 0 aromatic carbocycles. The van der Waals surface area contributed by atoms with Gasteiger partial charge >= 0.3 is 0 Å². The van der Waals surface area contributed by atoms with Crippen LogP contribution in [0.3, 0.4) is 0 Å². The van der Waals surface area contributed by atoms with Crippen LogP contribution in [-0.2, 0) is 0 Å². The van der Waals surface area contributed by atoms with E-state index < -0.39 is 5.60 Å². The third-order valence-corrected chi connectivity index (χ3v) is 10.4. The lowest BCUT2D eigenvalue weighted by Gasteiger charge is -2.62. The van der Waals surface area contributed by atoms with Gasteiger partial charge in [0.15, 0.2) is 0 Å². The highest BCUT2D eigenvalue weighted by molar-refractivity contribution is 5.35. The van der Waals surface area contributed by atoms with Crippen LogP contribution < -0.4 is 0 Å². The fraction of sp³-hybridized carbons (Fsp3) is 0.926. The maximum absolute atomic E-state index is 12.2. The molecule has 2 N–H and O–H groups in total.